The summed E-state index contributed by atoms with van der Waals surface area (Å²) in [7, 11) is 1.60. The zero-order valence-electron chi connectivity index (χ0n) is 13.9. The van der Waals surface area contributed by atoms with Crippen LogP contribution in [0.25, 0.3) is 0 Å². The van der Waals surface area contributed by atoms with Crippen LogP contribution in [0.2, 0.25) is 0 Å². The van der Waals surface area contributed by atoms with Crippen molar-refractivity contribution in [1.29, 1.82) is 0 Å². The summed E-state index contributed by atoms with van der Waals surface area (Å²) in [6.07, 6.45) is 1.17. The van der Waals surface area contributed by atoms with Gasteiger partial charge >= 0.3 is 0 Å². The quantitative estimate of drug-likeness (QED) is 0.875. The van der Waals surface area contributed by atoms with Crippen LogP contribution in [0.4, 0.5) is 0 Å². The van der Waals surface area contributed by atoms with Gasteiger partial charge in [0.05, 0.1) is 20.2 Å². The molecule has 1 saturated heterocycles. The van der Waals surface area contributed by atoms with Gasteiger partial charge < -0.3 is 19.3 Å². The molecule has 0 radical (unpaired) electrons. The summed E-state index contributed by atoms with van der Waals surface area (Å²) in [5.41, 5.74) is 2.25. The van der Waals surface area contributed by atoms with E-state index < -0.39 is 0 Å². The lowest BCUT2D eigenvalue weighted by atomic mass is 9.83. The first kappa shape index (κ1) is 15.3. The Kier molecular flexibility index (Phi) is 3.81. The van der Waals surface area contributed by atoms with Crippen molar-refractivity contribution in [2.45, 2.75) is 25.4 Å². The minimum atomic E-state index is 0.124. The number of fused-ring (bicyclic) bond motifs is 4. The third-order valence-corrected chi connectivity index (χ3v) is 5.41. The maximum atomic E-state index is 12.1. The Morgan fingerprint density at radius 3 is 2.96 bits per heavy atom. The third-order valence-electron chi connectivity index (χ3n) is 5.41. The van der Waals surface area contributed by atoms with Gasteiger partial charge in [0.2, 0.25) is 0 Å². The van der Waals surface area contributed by atoms with Gasteiger partial charge in [-0.1, -0.05) is 6.07 Å². The van der Waals surface area contributed by atoms with E-state index in [0.717, 1.165) is 31.7 Å². The van der Waals surface area contributed by atoms with Crippen molar-refractivity contribution in [1.82, 2.24) is 4.57 Å². The number of hydrogen-bond donors (Lipinski definition) is 2. The summed E-state index contributed by atoms with van der Waals surface area (Å²) in [5, 5.41) is 10.2. The zero-order valence-corrected chi connectivity index (χ0v) is 13.9. The first-order chi connectivity index (χ1) is 11.6. The molecule has 1 fully saturated rings. The van der Waals surface area contributed by atoms with Crippen molar-refractivity contribution in [3.8, 4) is 11.5 Å². The lowest BCUT2D eigenvalue weighted by Gasteiger charge is -2.40. The SMILES string of the molecule is COc1ccc(C[NH+]2C[C@H]3C[C@@H](C2)c2cccc(=O)n2C3)c(O)c1. The second-order valence-electron chi connectivity index (χ2n) is 7.03. The van der Waals surface area contributed by atoms with Gasteiger partial charge in [0, 0.05) is 41.8 Å². The van der Waals surface area contributed by atoms with E-state index in [1.165, 1.54) is 17.0 Å². The first-order valence-corrected chi connectivity index (χ1v) is 8.53. The van der Waals surface area contributed by atoms with Crippen LogP contribution in [0.3, 0.4) is 0 Å². The van der Waals surface area contributed by atoms with E-state index in [1.807, 2.05) is 22.8 Å². The number of aromatic hydroxyl groups is 1. The van der Waals surface area contributed by atoms with E-state index in [1.54, 1.807) is 19.2 Å². The van der Waals surface area contributed by atoms with Crippen LogP contribution in [0, 0.1) is 5.92 Å². The molecule has 5 heteroatoms. The maximum Gasteiger partial charge on any atom is 0.250 e. The predicted octanol–water partition coefficient (Wildman–Crippen LogP) is 0.765. The molecule has 2 aromatic rings. The molecule has 126 valence electrons. The molecule has 5 nitrogen and oxygen atoms in total. The molecule has 0 amide bonds. The number of phenolic OH excluding ortho intramolecular Hbond substituents is 1. The highest BCUT2D eigenvalue weighted by Crippen LogP contribution is 2.30. The number of pyridine rings is 1. The van der Waals surface area contributed by atoms with Crippen LogP contribution in [0.1, 0.15) is 23.6 Å². The molecule has 0 saturated carbocycles. The zero-order chi connectivity index (χ0) is 16.7. The second-order valence-corrected chi connectivity index (χ2v) is 7.03. The average Bonchev–Trinajstić information content (AvgIpc) is 2.58. The van der Waals surface area contributed by atoms with Crippen LogP contribution in [-0.4, -0.2) is 29.9 Å². The lowest BCUT2D eigenvalue weighted by molar-refractivity contribution is -0.924. The molecular formula is C19H23N2O3+. The Labute approximate surface area is 141 Å². The molecule has 2 bridgehead atoms. The van der Waals surface area contributed by atoms with E-state index in [4.69, 9.17) is 4.74 Å². The number of quaternary nitrogens is 1. The molecule has 4 rings (SSSR count). The molecule has 2 N–H and O–H groups in total. The molecule has 1 aromatic carbocycles. The Morgan fingerprint density at radius 1 is 1.29 bits per heavy atom. The van der Waals surface area contributed by atoms with E-state index in [9.17, 15) is 9.90 Å². The summed E-state index contributed by atoms with van der Waals surface area (Å²) < 4.78 is 7.11. The fraction of sp³-hybridized carbons (Fsp3) is 0.421. The van der Waals surface area contributed by atoms with E-state index in [-0.39, 0.29) is 5.56 Å². The Hall–Kier alpha value is -2.27. The standard InChI is InChI=1S/C19H22N2O3/c1-24-16-6-5-14(18(22)8-16)11-20-9-13-7-15(12-20)17-3-2-4-19(23)21(17)10-13/h2-6,8,13,15,22H,7,9-12H2,1H3/p+1/t13-,15+/m1/s1. The number of likely N-dealkylation sites (tertiary alicyclic amines) is 1. The molecule has 2 aliphatic rings. The van der Waals surface area contributed by atoms with E-state index in [0.29, 0.717) is 23.3 Å². The topological polar surface area (TPSA) is 55.9 Å². The Balaban J connectivity index is 1.55. The number of piperidine rings is 1. The van der Waals surface area contributed by atoms with Crippen molar-refractivity contribution in [2.24, 2.45) is 5.92 Å². The third kappa shape index (κ3) is 2.69. The molecule has 3 heterocycles. The Morgan fingerprint density at radius 2 is 2.17 bits per heavy atom. The minimum Gasteiger partial charge on any atom is -0.507 e. The van der Waals surface area contributed by atoms with Crippen molar-refractivity contribution in [3.63, 3.8) is 0 Å². The molecule has 1 unspecified atom stereocenters. The van der Waals surface area contributed by atoms with E-state index in [2.05, 4.69) is 6.07 Å². The van der Waals surface area contributed by atoms with Crippen LogP contribution in [0.5, 0.6) is 11.5 Å². The van der Waals surface area contributed by atoms with Crippen LogP contribution >= 0.6 is 0 Å². The number of benzene rings is 1. The van der Waals surface area contributed by atoms with Gasteiger partial charge in [-0.05, 0) is 24.6 Å². The number of hydrogen-bond acceptors (Lipinski definition) is 3. The predicted molar refractivity (Wildman–Crippen MR) is 90.6 cm³/mol. The largest absolute Gasteiger partial charge is 0.507 e. The van der Waals surface area contributed by atoms with Gasteiger partial charge in [0.15, 0.2) is 0 Å². The Bertz CT molecular complexity index is 814. The number of aromatic nitrogens is 1. The maximum absolute atomic E-state index is 12.1. The minimum absolute atomic E-state index is 0.124. The summed E-state index contributed by atoms with van der Waals surface area (Å²) >= 11 is 0. The highest BCUT2D eigenvalue weighted by atomic mass is 16.5. The summed E-state index contributed by atoms with van der Waals surface area (Å²) in [6, 6.07) is 11.1. The van der Waals surface area contributed by atoms with Gasteiger partial charge in [-0.3, -0.25) is 4.79 Å². The van der Waals surface area contributed by atoms with Crippen molar-refractivity contribution < 1.29 is 14.7 Å². The molecule has 24 heavy (non-hydrogen) atoms. The fourth-order valence-electron chi connectivity index (χ4n) is 4.35. The van der Waals surface area contributed by atoms with Gasteiger partial charge in [-0.25, -0.2) is 0 Å². The molecule has 0 aliphatic carbocycles. The number of phenols is 1. The number of methoxy groups -OCH3 is 1. The number of ether oxygens (including phenoxy) is 1. The van der Waals surface area contributed by atoms with Gasteiger partial charge in [-0.15, -0.1) is 0 Å². The summed E-state index contributed by atoms with van der Waals surface area (Å²) in [4.78, 5) is 13.6. The van der Waals surface area contributed by atoms with Crippen LogP contribution in [-0.2, 0) is 13.1 Å². The fourth-order valence-corrected chi connectivity index (χ4v) is 4.35. The van der Waals surface area contributed by atoms with Crippen molar-refractivity contribution in [2.75, 3.05) is 20.2 Å². The van der Waals surface area contributed by atoms with E-state index >= 15 is 0 Å². The average molecular weight is 327 g/mol. The second kappa shape index (κ2) is 5.98. The summed E-state index contributed by atoms with van der Waals surface area (Å²) in [5.74, 6) is 1.94. The van der Waals surface area contributed by atoms with Crippen molar-refractivity contribution >= 4 is 0 Å². The molecular weight excluding hydrogens is 304 g/mol. The molecule has 2 aliphatic heterocycles. The number of rotatable bonds is 3. The van der Waals surface area contributed by atoms with Crippen LogP contribution in [0.15, 0.2) is 41.2 Å². The first-order valence-electron chi connectivity index (χ1n) is 8.53. The monoisotopic (exact) mass is 327 g/mol. The van der Waals surface area contributed by atoms with Gasteiger partial charge in [0.1, 0.15) is 18.0 Å². The number of nitrogens with zero attached hydrogens (tertiary/aromatic N) is 1. The number of nitrogens with one attached hydrogen (secondary N) is 1. The molecule has 0 spiro atoms. The van der Waals surface area contributed by atoms with Crippen LogP contribution < -0.4 is 15.2 Å². The highest BCUT2D eigenvalue weighted by molar-refractivity contribution is 5.39. The summed E-state index contributed by atoms with van der Waals surface area (Å²) in [6.45, 7) is 3.68. The normalized spacial score (nSPS) is 25.1. The molecule has 3 atom stereocenters. The highest BCUT2D eigenvalue weighted by Gasteiger charge is 2.37. The smallest absolute Gasteiger partial charge is 0.250 e. The lowest BCUT2D eigenvalue weighted by Crippen LogP contribution is -3.13. The van der Waals surface area contributed by atoms with Crippen molar-refractivity contribution in [3.05, 3.63) is 58.0 Å². The molecule has 1 aromatic heterocycles. The van der Waals surface area contributed by atoms with Gasteiger partial charge in [0.25, 0.3) is 5.56 Å². The van der Waals surface area contributed by atoms with Gasteiger partial charge in [-0.2, -0.15) is 0 Å².